The van der Waals surface area contributed by atoms with Crippen molar-refractivity contribution in [2.45, 2.75) is 76.3 Å². The Labute approximate surface area is 156 Å². The van der Waals surface area contributed by atoms with E-state index in [1.165, 1.54) is 25.7 Å². The second kappa shape index (κ2) is 6.50. The average molecular weight is 360 g/mol. The molecule has 2 aliphatic heterocycles. The van der Waals surface area contributed by atoms with E-state index < -0.39 is 0 Å². The molecule has 4 aliphatic carbocycles. The van der Waals surface area contributed by atoms with Crippen LogP contribution in [0, 0.1) is 23.2 Å². The first-order valence-corrected chi connectivity index (χ1v) is 11.0. The maximum atomic E-state index is 13.6. The molecule has 0 radical (unpaired) electrons. The molecule has 4 bridgehead atoms. The van der Waals surface area contributed by atoms with Gasteiger partial charge in [0.05, 0.1) is 5.41 Å². The standard InChI is InChI=1S/C21H33N3O2/c25-19(23-13-17-3-1-5-22-17)18-4-2-6-24(18)20(26)21-10-14-7-15(11-21)9-16(8-14)12-21/h14-18,22H,1-13H2,(H,23,25). The van der Waals surface area contributed by atoms with E-state index in [2.05, 4.69) is 10.6 Å². The fourth-order valence-corrected chi connectivity index (χ4v) is 7.23. The lowest BCUT2D eigenvalue weighted by Gasteiger charge is -2.56. The molecule has 2 saturated heterocycles. The minimum atomic E-state index is -0.225. The minimum absolute atomic E-state index is 0.0780. The lowest BCUT2D eigenvalue weighted by molar-refractivity contribution is -0.160. The number of nitrogens with zero attached hydrogens (tertiary/aromatic N) is 1. The van der Waals surface area contributed by atoms with E-state index in [1.54, 1.807) is 0 Å². The van der Waals surface area contributed by atoms with Gasteiger partial charge in [0, 0.05) is 19.1 Å². The van der Waals surface area contributed by atoms with Gasteiger partial charge in [-0.15, -0.1) is 0 Å². The summed E-state index contributed by atoms with van der Waals surface area (Å²) in [4.78, 5) is 28.4. The Hall–Kier alpha value is -1.10. The first-order valence-electron chi connectivity index (χ1n) is 11.0. The molecular formula is C21H33N3O2. The molecule has 5 nitrogen and oxygen atoms in total. The summed E-state index contributed by atoms with van der Waals surface area (Å²) in [5.41, 5.74) is -0.120. The van der Waals surface area contributed by atoms with Gasteiger partial charge in [0.2, 0.25) is 11.8 Å². The first-order chi connectivity index (χ1) is 12.6. The maximum absolute atomic E-state index is 13.6. The van der Waals surface area contributed by atoms with Crippen LogP contribution >= 0.6 is 0 Å². The first kappa shape index (κ1) is 17.0. The highest BCUT2D eigenvalue weighted by Gasteiger charge is 2.56. The molecular weight excluding hydrogens is 326 g/mol. The van der Waals surface area contributed by atoms with Crippen LogP contribution in [0.25, 0.3) is 0 Å². The van der Waals surface area contributed by atoms with E-state index in [9.17, 15) is 9.59 Å². The van der Waals surface area contributed by atoms with Crippen molar-refractivity contribution in [2.75, 3.05) is 19.6 Å². The summed E-state index contributed by atoms with van der Waals surface area (Å²) in [6.07, 6.45) is 11.5. The Kier molecular flexibility index (Phi) is 4.26. The molecule has 2 N–H and O–H groups in total. The van der Waals surface area contributed by atoms with Gasteiger partial charge < -0.3 is 15.5 Å². The highest BCUT2D eigenvalue weighted by molar-refractivity contribution is 5.91. The lowest BCUT2D eigenvalue weighted by Crippen LogP contribution is -2.57. The van der Waals surface area contributed by atoms with Gasteiger partial charge in [0.15, 0.2) is 0 Å². The van der Waals surface area contributed by atoms with Crippen LogP contribution in [-0.4, -0.2) is 48.4 Å². The molecule has 0 spiro atoms. The zero-order chi connectivity index (χ0) is 17.7. The predicted octanol–water partition coefficient (Wildman–Crippen LogP) is 2.06. The normalized spacial score (nSPS) is 43.8. The molecule has 2 unspecified atom stereocenters. The van der Waals surface area contributed by atoms with E-state index >= 15 is 0 Å². The molecule has 26 heavy (non-hydrogen) atoms. The number of hydrogen-bond donors (Lipinski definition) is 2. The van der Waals surface area contributed by atoms with Crippen molar-refractivity contribution < 1.29 is 9.59 Å². The van der Waals surface area contributed by atoms with Crippen LogP contribution in [0.5, 0.6) is 0 Å². The van der Waals surface area contributed by atoms with Crippen molar-refractivity contribution in [2.24, 2.45) is 23.2 Å². The van der Waals surface area contributed by atoms with Crippen molar-refractivity contribution in [3.63, 3.8) is 0 Å². The second-order valence-corrected chi connectivity index (χ2v) is 9.89. The number of carbonyl (C=O) groups excluding carboxylic acids is 2. The SMILES string of the molecule is O=C(NCC1CCCN1)C1CCCN1C(=O)C12CC3CC(CC(C3)C1)C2. The Morgan fingerprint density at radius 1 is 1.00 bits per heavy atom. The lowest BCUT2D eigenvalue weighted by atomic mass is 9.49. The van der Waals surface area contributed by atoms with E-state index in [4.69, 9.17) is 0 Å². The van der Waals surface area contributed by atoms with Crippen LogP contribution in [0.1, 0.15) is 64.2 Å². The minimum Gasteiger partial charge on any atom is -0.353 e. The molecule has 144 valence electrons. The zero-order valence-corrected chi connectivity index (χ0v) is 15.8. The van der Waals surface area contributed by atoms with Crippen molar-refractivity contribution in [1.82, 2.24) is 15.5 Å². The average Bonchev–Trinajstić information content (AvgIpc) is 3.29. The van der Waals surface area contributed by atoms with Crippen LogP contribution in [-0.2, 0) is 9.59 Å². The van der Waals surface area contributed by atoms with Crippen LogP contribution in [0.15, 0.2) is 0 Å². The van der Waals surface area contributed by atoms with Crippen molar-refractivity contribution in [3.05, 3.63) is 0 Å². The summed E-state index contributed by atoms with van der Waals surface area (Å²) in [5, 5.41) is 6.56. The van der Waals surface area contributed by atoms with Crippen LogP contribution in [0.2, 0.25) is 0 Å². The van der Waals surface area contributed by atoms with Gasteiger partial charge in [-0.25, -0.2) is 0 Å². The van der Waals surface area contributed by atoms with Gasteiger partial charge in [-0.2, -0.15) is 0 Å². The van der Waals surface area contributed by atoms with Gasteiger partial charge in [-0.1, -0.05) is 0 Å². The zero-order valence-electron chi connectivity index (χ0n) is 15.8. The third-order valence-corrected chi connectivity index (χ3v) is 7.99. The van der Waals surface area contributed by atoms with Crippen molar-refractivity contribution in [1.29, 1.82) is 0 Å². The number of nitrogens with one attached hydrogen (secondary N) is 2. The molecule has 2 amide bonds. The molecule has 5 heteroatoms. The number of carbonyl (C=O) groups is 2. The fourth-order valence-electron chi connectivity index (χ4n) is 7.23. The highest BCUT2D eigenvalue weighted by atomic mass is 16.2. The van der Waals surface area contributed by atoms with E-state index in [1.807, 2.05) is 4.90 Å². The maximum Gasteiger partial charge on any atom is 0.242 e. The Balaban J connectivity index is 1.26. The summed E-state index contributed by atoms with van der Waals surface area (Å²) < 4.78 is 0. The number of amides is 2. The summed E-state index contributed by atoms with van der Waals surface area (Å²) >= 11 is 0. The quantitative estimate of drug-likeness (QED) is 0.808. The molecule has 0 aromatic heterocycles. The second-order valence-electron chi connectivity index (χ2n) is 9.89. The topological polar surface area (TPSA) is 61.4 Å². The van der Waals surface area contributed by atoms with Gasteiger partial charge in [-0.3, -0.25) is 9.59 Å². The van der Waals surface area contributed by atoms with E-state index in [0.29, 0.717) is 18.5 Å². The van der Waals surface area contributed by atoms with E-state index in [-0.39, 0.29) is 17.4 Å². The molecule has 4 saturated carbocycles. The van der Waals surface area contributed by atoms with Gasteiger partial charge in [-0.05, 0) is 88.5 Å². The smallest absolute Gasteiger partial charge is 0.242 e. The predicted molar refractivity (Wildman–Crippen MR) is 99.4 cm³/mol. The van der Waals surface area contributed by atoms with Crippen LogP contribution in [0.3, 0.4) is 0 Å². The van der Waals surface area contributed by atoms with Crippen LogP contribution < -0.4 is 10.6 Å². The number of rotatable bonds is 4. The number of hydrogen-bond acceptors (Lipinski definition) is 3. The Bertz CT molecular complexity index is 549. The third kappa shape index (κ3) is 2.87. The van der Waals surface area contributed by atoms with Crippen molar-refractivity contribution >= 4 is 11.8 Å². The molecule has 0 aromatic rings. The molecule has 6 aliphatic rings. The van der Waals surface area contributed by atoms with Gasteiger partial charge in [0.1, 0.15) is 6.04 Å². The van der Waals surface area contributed by atoms with Gasteiger partial charge in [0.25, 0.3) is 0 Å². The molecule has 2 atom stereocenters. The monoisotopic (exact) mass is 359 g/mol. The molecule has 6 fully saturated rings. The Morgan fingerprint density at radius 3 is 2.31 bits per heavy atom. The third-order valence-electron chi connectivity index (χ3n) is 7.99. The highest BCUT2D eigenvalue weighted by Crippen LogP contribution is 2.60. The fraction of sp³-hybridized carbons (Fsp3) is 0.905. The molecule has 2 heterocycles. The van der Waals surface area contributed by atoms with Gasteiger partial charge >= 0.3 is 0 Å². The summed E-state index contributed by atoms with van der Waals surface area (Å²) in [6.45, 7) is 2.54. The Morgan fingerprint density at radius 2 is 1.69 bits per heavy atom. The summed E-state index contributed by atoms with van der Waals surface area (Å²) in [6, 6.07) is 0.185. The largest absolute Gasteiger partial charge is 0.353 e. The summed E-state index contributed by atoms with van der Waals surface area (Å²) in [7, 11) is 0. The van der Waals surface area contributed by atoms with Crippen LogP contribution in [0.4, 0.5) is 0 Å². The van der Waals surface area contributed by atoms with Crippen molar-refractivity contribution in [3.8, 4) is 0 Å². The molecule has 6 rings (SSSR count). The van der Waals surface area contributed by atoms with E-state index in [0.717, 1.165) is 69.4 Å². The number of likely N-dealkylation sites (tertiary alicyclic amines) is 1. The molecule has 0 aromatic carbocycles. The summed E-state index contributed by atoms with van der Waals surface area (Å²) in [5.74, 6) is 2.72.